The van der Waals surface area contributed by atoms with Crippen LogP contribution in [-0.4, -0.2) is 23.1 Å². The summed E-state index contributed by atoms with van der Waals surface area (Å²) in [5.41, 5.74) is 0. The van der Waals surface area contributed by atoms with E-state index >= 15 is 0 Å². The van der Waals surface area contributed by atoms with Crippen molar-refractivity contribution in [1.29, 1.82) is 0 Å². The summed E-state index contributed by atoms with van der Waals surface area (Å²) in [6.07, 6.45) is 7.46. The van der Waals surface area contributed by atoms with Crippen LogP contribution in [0.3, 0.4) is 0 Å². The Labute approximate surface area is 91.4 Å². The van der Waals surface area contributed by atoms with Crippen LogP contribution in [0.25, 0.3) is 0 Å². The summed E-state index contributed by atoms with van der Waals surface area (Å²) in [6.45, 7) is 2.39. The largest absolute Gasteiger partial charge is 0.310 e. The van der Waals surface area contributed by atoms with Crippen molar-refractivity contribution in [1.82, 2.24) is 5.32 Å². The van der Waals surface area contributed by atoms with Crippen molar-refractivity contribution in [3.63, 3.8) is 0 Å². The molecule has 1 heterocycles. The summed E-state index contributed by atoms with van der Waals surface area (Å²) >= 11 is 2.15. The predicted octanol–water partition coefficient (Wildman–Crippen LogP) is 2.66. The molecule has 0 aromatic heterocycles. The van der Waals surface area contributed by atoms with Gasteiger partial charge in [0.15, 0.2) is 0 Å². The molecule has 1 saturated heterocycles. The second kappa shape index (κ2) is 3.71. The van der Waals surface area contributed by atoms with E-state index in [2.05, 4.69) is 24.0 Å². The van der Waals surface area contributed by atoms with Crippen molar-refractivity contribution >= 4 is 11.8 Å². The van der Waals surface area contributed by atoms with Gasteiger partial charge in [-0.05, 0) is 43.3 Å². The molecule has 1 aliphatic heterocycles. The van der Waals surface area contributed by atoms with E-state index in [9.17, 15) is 0 Å². The molecule has 5 atom stereocenters. The summed E-state index contributed by atoms with van der Waals surface area (Å²) in [5, 5.41) is 4.79. The number of thioether (sulfide) groups is 1. The maximum atomic E-state index is 3.94. The van der Waals surface area contributed by atoms with Gasteiger partial charge in [0.05, 0.1) is 0 Å². The number of hydrogen-bond donors (Lipinski definition) is 1. The Balaban J connectivity index is 1.57. The first-order valence-electron chi connectivity index (χ1n) is 6.20. The third-order valence-electron chi connectivity index (χ3n) is 4.54. The lowest BCUT2D eigenvalue weighted by Crippen LogP contribution is -2.43. The van der Waals surface area contributed by atoms with E-state index in [-0.39, 0.29) is 0 Å². The fraction of sp³-hybridized carbons (Fsp3) is 1.00. The Morgan fingerprint density at radius 1 is 1.07 bits per heavy atom. The molecule has 0 aromatic rings. The number of rotatable bonds is 2. The van der Waals surface area contributed by atoms with Crippen molar-refractivity contribution in [2.45, 2.75) is 56.4 Å². The van der Waals surface area contributed by atoms with Gasteiger partial charge in [0.2, 0.25) is 0 Å². The molecule has 0 radical (unpaired) electrons. The topological polar surface area (TPSA) is 12.0 Å². The number of hydrogen-bond acceptors (Lipinski definition) is 2. The zero-order valence-corrected chi connectivity index (χ0v) is 9.85. The van der Waals surface area contributed by atoms with E-state index in [1.165, 1.54) is 37.9 Å². The molecule has 2 heteroatoms. The first-order valence-corrected chi connectivity index (χ1v) is 7.25. The summed E-state index contributed by atoms with van der Waals surface area (Å²) in [5.74, 6) is 3.50. The first kappa shape index (κ1) is 9.53. The van der Waals surface area contributed by atoms with Crippen molar-refractivity contribution < 1.29 is 0 Å². The van der Waals surface area contributed by atoms with Gasteiger partial charge in [-0.25, -0.2) is 0 Å². The quantitative estimate of drug-likeness (QED) is 0.753. The molecule has 5 unspecified atom stereocenters. The zero-order valence-electron chi connectivity index (χ0n) is 9.04. The average Bonchev–Trinajstić information content (AvgIpc) is 2.83. The Morgan fingerprint density at radius 3 is 2.57 bits per heavy atom. The smallest absolute Gasteiger partial charge is 0.0194 e. The van der Waals surface area contributed by atoms with Gasteiger partial charge in [-0.1, -0.05) is 13.3 Å². The maximum Gasteiger partial charge on any atom is 0.0194 e. The van der Waals surface area contributed by atoms with E-state index < -0.39 is 0 Å². The third kappa shape index (κ3) is 1.61. The van der Waals surface area contributed by atoms with Crippen LogP contribution in [0.15, 0.2) is 0 Å². The van der Waals surface area contributed by atoms with Gasteiger partial charge < -0.3 is 5.32 Å². The van der Waals surface area contributed by atoms with E-state index in [0.717, 1.165) is 29.2 Å². The van der Waals surface area contributed by atoms with Crippen LogP contribution in [0.1, 0.15) is 39.0 Å². The molecule has 1 nitrogen and oxygen atoms in total. The van der Waals surface area contributed by atoms with Crippen LogP contribution in [-0.2, 0) is 0 Å². The van der Waals surface area contributed by atoms with Crippen molar-refractivity contribution in [3.05, 3.63) is 0 Å². The van der Waals surface area contributed by atoms with Crippen LogP contribution in [0, 0.1) is 11.8 Å². The fourth-order valence-electron chi connectivity index (χ4n) is 3.67. The molecule has 0 aromatic carbocycles. The maximum absolute atomic E-state index is 3.94. The van der Waals surface area contributed by atoms with Gasteiger partial charge in [-0.3, -0.25) is 0 Å². The van der Waals surface area contributed by atoms with Gasteiger partial charge in [0.1, 0.15) is 0 Å². The first-order chi connectivity index (χ1) is 6.83. The molecular formula is C12H21NS. The number of fused-ring (bicyclic) bond motifs is 2. The minimum atomic E-state index is 0.823. The molecular weight excluding hydrogens is 190 g/mol. The van der Waals surface area contributed by atoms with Gasteiger partial charge in [-0.15, -0.1) is 0 Å². The normalized spacial score (nSPS) is 51.6. The molecule has 3 fully saturated rings. The lowest BCUT2D eigenvalue weighted by atomic mass is 9.94. The summed E-state index contributed by atoms with van der Waals surface area (Å²) in [4.78, 5) is 0. The minimum absolute atomic E-state index is 0.823. The zero-order chi connectivity index (χ0) is 9.54. The Hall–Kier alpha value is 0.310. The van der Waals surface area contributed by atoms with Gasteiger partial charge in [-0.2, -0.15) is 11.8 Å². The van der Waals surface area contributed by atoms with Crippen LogP contribution < -0.4 is 5.32 Å². The molecule has 3 rings (SSSR count). The van der Waals surface area contributed by atoms with Crippen LogP contribution >= 0.6 is 11.8 Å². The van der Waals surface area contributed by atoms with Gasteiger partial charge in [0, 0.05) is 17.3 Å². The molecule has 0 amide bonds. The lowest BCUT2D eigenvalue weighted by molar-refractivity contribution is 0.316. The Kier molecular flexibility index (Phi) is 2.53. The molecule has 2 bridgehead atoms. The van der Waals surface area contributed by atoms with E-state index in [1.54, 1.807) is 0 Å². The average molecular weight is 211 g/mol. The monoisotopic (exact) mass is 211 g/mol. The highest BCUT2D eigenvalue weighted by Gasteiger charge is 2.41. The Bertz CT molecular complexity index is 218. The van der Waals surface area contributed by atoms with Crippen molar-refractivity contribution in [3.8, 4) is 0 Å². The second-order valence-electron chi connectivity index (χ2n) is 5.42. The highest BCUT2D eigenvalue weighted by molar-refractivity contribution is 8.00. The molecule has 3 aliphatic rings. The van der Waals surface area contributed by atoms with Gasteiger partial charge in [0.25, 0.3) is 0 Å². The summed E-state index contributed by atoms with van der Waals surface area (Å²) in [7, 11) is 0. The molecule has 1 N–H and O–H groups in total. The van der Waals surface area contributed by atoms with Crippen molar-refractivity contribution in [2.75, 3.05) is 5.75 Å². The minimum Gasteiger partial charge on any atom is -0.310 e. The fourth-order valence-corrected chi connectivity index (χ4v) is 4.88. The molecule has 2 saturated carbocycles. The van der Waals surface area contributed by atoms with E-state index in [4.69, 9.17) is 0 Å². The molecule has 2 aliphatic carbocycles. The molecule has 80 valence electrons. The highest BCUT2D eigenvalue weighted by atomic mass is 32.2. The predicted molar refractivity (Wildman–Crippen MR) is 62.7 cm³/mol. The van der Waals surface area contributed by atoms with Gasteiger partial charge >= 0.3 is 0 Å². The van der Waals surface area contributed by atoms with Crippen LogP contribution in [0.2, 0.25) is 0 Å². The van der Waals surface area contributed by atoms with E-state index in [0.29, 0.717) is 0 Å². The van der Waals surface area contributed by atoms with E-state index in [1.807, 2.05) is 0 Å². The van der Waals surface area contributed by atoms with Crippen LogP contribution in [0.5, 0.6) is 0 Å². The standard InChI is InChI=1S/C12H21NS/c1-8-11(4-5-14-8)13-12-7-9-2-3-10(12)6-9/h8-13H,2-7H2,1H3. The van der Waals surface area contributed by atoms with Crippen molar-refractivity contribution in [2.24, 2.45) is 11.8 Å². The molecule has 14 heavy (non-hydrogen) atoms. The summed E-state index contributed by atoms with van der Waals surface area (Å²) < 4.78 is 0. The SMILES string of the molecule is CC1SCCC1NC1CC2CCC1C2. The second-order valence-corrected chi connectivity index (χ2v) is 6.90. The highest BCUT2D eigenvalue weighted by Crippen LogP contribution is 2.45. The van der Waals surface area contributed by atoms with Crippen LogP contribution in [0.4, 0.5) is 0 Å². The lowest BCUT2D eigenvalue weighted by Gasteiger charge is -2.28. The third-order valence-corrected chi connectivity index (χ3v) is 5.87. The number of nitrogens with one attached hydrogen (secondary N) is 1. The summed E-state index contributed by atoms with van der Waals surface area (Å²) in [6, 6.07) is 1.71. The Morgan fingerprint density at radius 2 is 2.00 bits per heavy atom. The molecule has 0 spiro atoms.